The highest BCUT2D eigenvalue weighted by Crippen LogP contribution is 2.33. The van der Waals surface area contributed by atoms with Gasteiger partial charge in [0.05, 0.1) is 13.1 Å². The Morgan fingerprint density at radius 2 is 1.72 bits per heavy atom. The second-order valence-electron chi connectivity index (χ2n) is 5.92. The Labute approximate surface area is 107 Å². The molecule has 1 spiro atoms. The molecule has 3 rings (SSSR count). The first kappa shape index (κ1) is 12.0. The summed E-state index contributed by atoms with van der Waals surface area (Å²) in [6.45, 7) is 2.74. The summed E-state index contributed by atoms with van der Waals surface area (Å²) >= 11 is 0. The number of quaternary nitrogens is 1. The zero-order valence-electron chi connectivity index (χ0n) is 10.8. The van der Waals surface area contributed by atoms with Crippen molar-refractivity contribution in [2.45, 2.75) is 50.5 Å². The number of urea groups is 1. The molecule has 100 valence electrons. The number of hydrogen-bond acceptors (Lipinski definition) is 2. The van der Waals surface area contributed by atoms with Gasteiger partial charge in [-0.15, -0.1) is 0 Å². The molecule has 0 radical (unpaired) electrons. The molecule has 5 nitrogen and oxygen atoms in total. The molecule has 0 unspecified atom stereocenters. The molecule has 2 saturated heterocycles. The van der Waals surface area contributed by atoms with Gasteiger partial charge in [0.1, 0.15) is 5.54 Å². The Morgan fingerprint density at radius 1 is 1.06 bits per heavy atom. The normalized spacial score (nSPS) is 28.1. The third kappa shape index (κ3) is 1.90. The summed E-state index contributed by atoms with van der Waals surface area (Å²) in [7, 11) is 0. The van der Waals surface area contributed by atoms with Gasteiger partial charge in [-0.2, -0.15) is 0 Å². The molecule has 18 heavy (non-hydrogen) atoms. The Bertz CT molecular complexity index is 357. The van der Waals surface area contributed by atoms with Gasteiger partial charge in [0.15, 0.2) is 6.67 Å². The molecule has 1 aliphatic carbocycles. The second-order valence-corrected chi connectivity index (χ2v) is 5.92. The van der Waals surface area contributed by atoms with Crippen molar-refractivity contribution < 1.29 is 14.5 Å². The molecule has 3 aliphatic rings. The Balaban J connectivity index is 1.71. The summed E-state index contributed by atoms with van der Waals surface area (Å²) in [6, 6.07) is -0.165. The van der Waals surface area contributed by atoms with Gasteiger partial charge in [-0.3, -0.25) is 4.79 Å². The zero-order chi connectivity index (χ0) is 12.6. The lowest BCUT2D eigenvalue weighted by Crippen LogP contribution is -3.11. The van der Waals surface area contributed by atoms with Crippen LogP contribution in [0.5, 0.6) is 0 Å². The summed E-state index contributed by atoms with van der Waals surface area (Å²) in [6.07, 6.45) is 7.36. The molecule has 0 atom stereocenters. The first-order valence-electron chi connectivity index (χ1n) is 7.19. The largest absolute Gasteiger partial charge is 0.329 e. The van der Waals surface area contributed by atoms with E-state index < -0.39 is 5.54 Å². The number of nitrogens with one attached hydrogen (secondary N) is 2. The summed E-state index contributed by atoms with van der Waals surface area (Å²) in [4.78, 5) is 27.4. The van der Waals surface area contributed by atoms with Crippen molar-refractivity contribution in [1.29, 1.82) is 0 Å². The number of rotatable bonds is 2. The smallest absolute Gasteiger partial charge is 0.323 e. The summed E-state index contributed by atoms with van der Waals surface area (Å²) in [5.74, 6) is 0.0339. The van der Waals surface area contributed by atoms with Crippen LogP contribution in [0.25, 0.3) is 0 Å². The van der Waals surface area contributed by atoms with Crippen LogP contribution in [0, 0.1) is 0 Å². The van der Waals surface area contributed by atoms with E-state index in [0.717, 1.165) is 38.8 Å². The van der Waals surface area contributed by atoms with Gasteiger partial charge in [0.2, 0.25) is 0 Å². The third-order valence-corrected chi connectivity index (χ3v) is 4.65. The average molecular weight is 252 g/mol. The molecule has 5 heteroatoms. The molecule has 2 N–H and O–H groups in total. The van der Waals surface area contributed by atoms with Crippen LogP contribution >= 0.6 is 0 Å². The molecule has 0 bridgehead atoms. The quantitative estimate of drug-likeness (QED) is 0.673. The lowest BCUT2D eigenvalue weighted by atomic mass is 9.82. The van der Waals surface area contributed by atoms with Crippen LogP contribution in [0.3, 0.4) is 0 Å². The highest BCUT2D eigenvalue weighted by Gasteiger charge is 2.52. The van der Waals surface area contributed by atoms with E-state index in [0.29, 0.717) is 6.67 Å². The van der Waals surface area contributed by atoms with E-state index in [1.165, 1.54) is 29.1 Å². The van der Waals surface area contributed by atoms with Crippen LogP contribution in [0.2, 0.25) is 0 Å². The predicted molar refractivity (Wildman–Crippen MR) is 66.0 cm³/mol. The van der Waals surface area contributed by atoms with E-state index in [9.17, 15) is 9.59 Å². The average Bonchev–Trinajstić information content (AvgIpc) is 2.95. The van der Waals surface area contributed by atoms with Gasteiger partial charge >= 0.3 is 6.03 Å². The first-order valence-corrected chi connectivity index (χ1v) is 7.19. The van der Waals surface area contributed by atoms with Crippen LogP contribution in [-0.4, -0.2) is 42.1 Å². The van der Waals surface area contributed by atoms with Crippen molar-refractivity contribution in [3.63, 3.8) is 0 Å². The topological polar surface area (TPSA) is 53.9 Å². The van der Waals surface area contributed by atoms with Crippen molar-refractivity contribution in [2.24, 2.45) is 0 Å². The number of nitrogens with zero attached hydrogens (tertiary/aromatic N) is 1. The number of amides is 3. The van der Waals surface area contributed by atoms with Crippen LogP contribution in [0.4, 0.5) is 4.79 Å². The van der Waals surface area contributed by atoms with Crippen LogP contribution in [0.1, 0.15) is 44.9 Å². The standard InChI is InChI=1S/C13H21N3O2/c17-11-13(6-2-1-3-7-13)14-12(18)16(11)10-15-8-4-5-9-15/h1-10H2,(H,14,18)/p+1. The molecule has 3 fully saturated rings. The molecular formula is C13H22N3O2+. The summed E-state index contributed by atoms with van der Waals surface area (Å²) < 4.78 is 0. The molecule has 0 aromatic rings. The van der Waals surface area contributed by atoms with Crippen LogP contribution < -0.4 is 10.2 Å². The van der Waals surface area contributed by atoms with E-state index in [2.05, 4.69) is 5.32 Å². The summed E-state index contributed by atoms with van der Waals surface area (Å²) in [5, 5.41) is 2.97. The van der Waals surface area contributed by atoms with E-state index >= 15 is 0 Å². The van der Waals surface area contributed by atoms with Crippen LogP contribution in [0.15, 0.2) is 0 Å². The lowest BCUT2D eigenvalue weighted by Gasteiger charge is -2.30. The van der Waals surface area contributed by atoms with Crippen molar-refractivity contribution in [1.82, 2.24) is 10.2 Å². The fourth-order valence-corrected chi connectivity index (χ4v) is 3.57. The number of hydrogen-bond donors (Lipinski definition) is 2. The van der Waals surface area contributed by atoms with Crippen molar-refractivity contribution in [3.8, 4) is 0 Å². The first-order chi connectivity index (χ1) is 8.71. The third-order valence-electron chi connectivity index (χ3n) is 4.65. The molecular weight excluding hydrogens is 230 g/mol. The van der Waals surface area contributed by atoms with Gasteiger partial charge in [0.25, 0.3) is 5.91 Å². The maximum absolute atomic E-state index is 12.5. The van der Waals surface area contributed by atoms with Gasteiger partial charge in [0, 0.05) is 12.8 Å². The fourth-order valence-electron chi connectivity index (χ4n) is 3.57. The van der Waals surface area contributed by atoms with Crippen molar-refractivity contribution in [3.05, 3.63) is 0 Å². The minimum absolute atomic E-state index is 0.0339. The minimum atomic E-state index is -0.547. The number of carbonyl (C=O) groups excluding carboxylic acids is 2. The Hall–Kier alpha value is -1.10. The maximum Gasteiger partial charge on any atom is 0.329 e. The SMILES string of the molecule is O=C1NC2(CCCCC2)C(=O)N1C[NH+]1CCCC1. The van der Waals surface area contributed by atoms with Crippen LogP contribution in [-0.2, 0) is 4.79 Å². The Morgan fingerprint density at radius 3 is 2.39 bits per heavy atom. The predicted octanol–water partition coefficient (Wildman–Crippen LogP) is -0.123. The van der Waals surface area contributed by atoms with Crippen molar-refractivity contribution in [2.75, 3.05) is 19.8 Å². The monoisotopic (exact) mass is 252 g/mol. The van der Waals surface area contributed by atoms with E-state index in [-0.39, 0.29) is 11.9 Å². The fraction of sp³-hybridized carbons (Fsp3) is 0.846. The molecule has 0 aromatic heterocycles. The molecule has 2 heterocycles. The zero-order valence-corrected chi connectivity index (χ0v) is 10.8. The van der Waals surface area contributed by atoms with E-state index in [1.54, 1.807) is 0 Å². The summed E-state index contributed by atoms with van der Waals surface area (Å²) in [5.41, 5.74) is -0.547. The van der Waals surface area contributed by atoms with Crippen molar-refractivity contribution >= 4 is 11.9 Å². The number of imide groups is 1. The minimum Gasteiger partial charge on any atom is -0.323 e. The van der Waals surface area contributed by atoms with E-state index in [4.69, 9.17) is 0 Å². The maximum atomic E-state index is 12.5. The van der Waals surface area contributed by atoms with Gasteiger partial charge in [-0.05, 0) is 12.8 Å². The second kappa shape index (κ2) is 4.53. The van der Waals surface area contributed by atoms with Gasteiger partial charge < -0.3 is 10.2 Å². The number of likely N-dealkylation sites (tertiary alicyclic amines) is 1. The molecule has 2 aliphatic heterocycles. The molecule has 3 amide bonds. The van der Waals surface area contributed by atoms with E-state index in [1.807, 2.05) is 0 Å². The van der Waals surface area contributed by atoms with Gasteiger partial charge in [-0.25, -0.2) is 9.69 Å². The lowest BCUT2D eigenvalue weighted by molar-refractivity contribution is -0.894. The highest BCUT2D eigenvalue weighted by molar-refractivity contribution is 6.06. The molecule has 0 aromatic carbocycles. The number of carbonyl (C=O) groups is 2. The molecule has 1 saturated carbocycles. The highest BCUT2D eigenvalue weighted by atomic mass is 16.2. The Kier molecular flexibility index (Phi) is 3.01. The van der Waals surface area contributed by atoms with Gasteiger partial charge in [-0.1, -0.05) is 19.3 Å².